The quantitative estimate of drug-likeness (QED) is 0.714. The van der Waals surface area contributed by atoms with Gasteiger partial charge in [0.05, 0.1) is 11.5 Å². The summed E-state index contributed by atoms with van der Waals surface area (Å²) in [5.74, 6) is -1.23. The molecule has 19 heavy (non-hydrogen) atoms. The number of carbonyl (C=O) groups excluding carboxylic acids is 1. The van der Waals surface area contributed by atoms with Gasteiger partial charge in [0.1, 0.15) is 0 Å². The molecule has 2 unspecified atom stereocenters. The summed E-state index contributed by atoms with van der Waals surface area (Å²) in [5.41, 5.74) is 0.619. The van der Waals surface area contributed by atoms with Crippen LogP contribution in [0.1, 0.15) is 29.6 Å². The first-order valence-corrected chi connectivity index (χ1v) is 7.83. The molecule has 1 fully saturated rings. The Morgan fingerprint density at radius 1 is 1.37 bits per heavy atom. The Balaban J connectivity index is 2.02. The lowest BCUT2D eigenvalue weighted by molar-refractivity contribution is -0.141. The molecule has 4 nitrogen and oxygen atoms in total. The Morgan fingerprint density at radius 2 is 2.11 bits per heavy atom. The first-order chi connectivity index (χ1) is 8.97. The molecule has 1 aromatic rings. The number of aliphatic carboxylic acids is 1. The summed E-state index contributed by atoms with van der Waals surface area (Å²) in [5, 5.41) is 11.9. The molecule has 2 N–H and O–H groups in total. The van der Waals surface area contributed by atoms with Crippen LogP contribution in [0.5, 0.6) is 0 Å². The molecule has 0 bridgehead atoms. The van der Waals surface area contributed by atoms with E-state index < -0.39 is 5.97 Å². The highest BCUT2D eigenvalue weighted by Crippen LogP contribution is 2.26. The molecule has 0 saturated heterocycles. The number of amides is 1. The first kappa shape index (κ1) is 14.8. The van der Waals surface area contributed by atoms with Crippen LogP contribution in [0.15, 0.2) is 22.7 Å². The highest BCUT2D eigenvalue weighted by Gasteiger charge is 2.30. The second-order valence-corrected chi connectivity index (χ2v) is 6.72. The number of hydrogen-bond acceptors (Lipinski definition) is 2. The van der Waals surface area contributed by atoms with Gasteiger partial charge in [0.25, 0.3) is 5.91 Å². The zero-order valence-electron chi connectivity index (χ0n) is 10.0. The summed E-state index contributed by atoms with van der Waals surface area (Å²) in [4.78, 5) is 23.0. The molecule has 102 valence electrons. The monoisotopic (exact) mass is 437 g/mol. The summed E-state index contributed by atoms with van der Waals surface area (Å²) >= 11 is 5.46. The summed E-state index contributed by atoms with van der Waals surface area (Å²) in [6.45, 7) is 0. The number of halogens is 2. The Bertz CT molecular complexity index is 521. The molecule has 1 amide bonds. The van der Waals surface area contributed by atoms with Crippen LogP contribution in [0.4, 0.5) is 0 Å². The van der Waals surface area contributed by atoms with E-state index in [9.17, 15) is 9.59 Å². The highest BCUT2D eigenvalue weighted by atomic mass is 127. The lowest BCUT2D eigenvalue weighted by Gasteiger charge is -2.13. The fourth-order valence-corrected chi connectivity index (χ4v) is 3.21. The largest absolute Gasteiger partial charge is 0.481 e. The van der Waals surface area contributed by atoms with Crippen LogP contribution >= 0.6 is 38.5 Å². The van der Waals surface area contributed by atoms with Crippen molar-refractivity contribution in [3.63, 3.8) is 0 Å². The lowest BCUT2D eigenvalue weighted by atomic mass is 10.1. The van der Waals surface area contributed by atoms with Gasteiger partial charge in [0, 0.05) is 14.1 Å². The van der Waals surface area contributed by atoms with Crippen molar-refractivity contribution in [2.45, 2.75) is 25.3 Å². The molecular formula is C13H13BrINO3. The van der Waals surface area contributed by atoms with Crippen molar-refractivity contribution in [2.75, 3.05) is 0 Å². The molecule has 0 aliphatic heterocycles. The van der Waals surface area contributed by atoms with Crippen molar-refractivity contribution in [2.24, 2.45) is 5.92 Å². The van der Waals surface area contributed by atoms with Gasteiger partial charge in [-0.2, -0.15) is 0 Å². The van der Waals surface area contributed by atoms with Gasteiger partial charge in [-0.15, -0.1) is 0 Å². The summed E-state index contributed by atoms with van der Waals surface area (Å²) < 4.78 is 1.74. The molecule has 1 saturated carbocycles. The normalized spacial score (nSPS) is 22.2. The summed E-state index contributed by atoms with van der Waals surface area (Å²) in [7, 11) is 0. The predicted molar refractivity (Wildman–Crippen MR) is 83.1 cm³/mol. The number of carboxylic acids is 1. The van der Waals surface area contributed by atoms with Crippen LogP contribution in [0.2, 0.25) is 0 Å². The minimum Gasteiger partial charge on any atom is -0.481 e. The Hall–Kier alpha value is -0.630. The van der Waals surface area contributed by atoms with E-state index in [0.717, 1.165) is 14.5 Å². The average molecular weight is 438 g/mol. The van der Waals surface area contributed by atoms with Crippen LogP contribution in [-0.4, -0.2) is 23.0 Å². The summed E-state index contributed by atoms with van der Waals surface area (Å²) in [6, 6.07) is 5.49. The fourth-order valence-electron chi connectivity index (χ4n) is 2.27. The third kappa shape index (κ3) is 3.68. The molecule has 1 aromatic carbocycles. The number of rotatable bonds is 3. The van der Waals surface area contributed by atoms with Crippen LogP contribution in [0.25, 0.3) is 0 Å². The maximum atomic E-state index is 12.2. The molecule has 1 aliphatic rings. The zero-order chi connectivity index (χ0) is 14.0. The topological polar surface area (TPSA) is 66.4 Å². The maximum Gasteiger partial charge on any atom is 0.306 e. The van der Waals surface area contributed by atoms with Gasteiger partial charge in [-0.1, -0.05) is 15.9 Å². The van der Waals surface area contributed by atoms with Gasteiger partial charge in [-0.25, -0.2) is 0 Å². The van der Waals surface area contributed by atoms with Crippen molar-refractivity contribution in [3.05, 3.63) is 31.8 Å². The average Bonchev–Trinajstić information content (AvgIpc) is 2.80. The molecule has 0 radical (unpaired) electrons. The van der Waals surface area contributed by atoms with E-state index in [0.29, 0.717) is 18.4 Å². The Kier molecular flexibility index (Phi) is 4.83. The van der Waals surface area contributed by atoms with Crippen LogP contribution in [0, 0.1) is 9.49 Å². The SMILES string of the molecule is O=C(NC1CCC(C(=O)O)C1)c1cc(Br)ccc1I. The minimum atomic E-state index is -0.770. The smallest absolute Gasteiger partial charge is 0.306 e. The van der Waals surface area contributed by atoms with Gasteiger partial charge < -0.3 is 10.4 Å². The van der Waals surface area contributed by atoms with E-state index in [1.807, 2.05) is 12.1 Å². The predicted octanol–water partition coefficient (Wildman–Crippen LogP) is 3.04. The number of benzene rings is 1. The van der Waals surface area contributed by atoms with Crippen LogP contribution in [0.3, 0.4) is 0 Å². The van der Waals surface area contributed by atoms with Crippen molar-refractivity contribution >= 4 is 50.4 Å². The molecule has 6 heteroatoms. The third-order valence-corrected chi connectivity index (χ3v) is 4.72. The maximum absolute atomic E-state index is 12.2. The second-order valence-electron chi connectivity index (χ2n) is 4.64. The van der Waals surface area contributed by atoms with Crippen molar-refractivity contribution in [1.82, 2.24) is 5.32 Å². The van der Waals surface area contributed by atoms with E-state index in [1.54, 1.807) is 6.07 Å². The number of hydrogen-bond donors (Lipinski definition) is 2. The van der Waals surface area contributed by atoms with E-state index in [-0.39, 0.29) is 17.9 Å². The van der Waals surface area contributed by atoms with E-state index in [2.05, 4.69) is 43.8 Å². The molecule has 0 heterocycles. The molecule has 1 aliphatic carbocycles. The number of carbonyl (C=O) groups is 2. The van der Waals surface area contributed by atoms with Gasteiger partial charge in [-0.05, 0) is 60.1 Å². The first-order valence-electron chi connectivity index (χ1n) is 5.96. The molecule has 2 atom stereocenters. The van der Waals surface area contributed by atoms with Gasteiger partial charge in [0.2, 0.25) is 0 Å². The van der Waals surface area contributed by atoms with Crippen LogP contribution < -0.4 is 5.32 Å². The van der Waals surface area contributed by atoms with E-state index in [4.69, 9.17) is 5.11 Å². The minimum absolute atomic E-state index is 0.0385. The van der Waals surface area contributed by atoms with Crippen LogP contribution in [-0.2, 0) is 4.79 Å². The summed E-state index contributed by atoms with van der Waals surface area (Å²) in [6.07, 6.45) is 1.88. The molecule has 2 rings (SSSR count). The number of carboxylic acid groups (broad SMARTS) is 1. The zero-order valence-corrected chi connectivity index (χ0v) is 13.8. The Labute approximate surface area is 133 Å². The fraction of sp³-hybridized carbons (Fsp3) is 0.385. The van der Waals surface area contributed by atoms with Gasteiger partial charge in [0.15, 0.2) is 0 Å². The van der Waals surface area contributed by atoms with E-state index >= 15 is 0 Å². The standard InChI is InChI=1S/C13H13BrINO3/c14-8-2-4-11(15)10(6-8)12(17)16-9-3-1-7(5-9)13(18)19/h2,4,6-7,9H,1,3,5H2,(H,16,17)(H,18,19). The molecule has 0 spiro atoms. The van der Waals surface area contributed by atoms with E-state index in [1.165, 1.54) is 0 Å². The van der Waals surface area contributed by atoms with Gasteiger partial charge >= 0.3 is 5.97 Å². The van der Waals surface area contributed by atoms with Crippen molar-refractivity contribution < 1.29 is 14.7 Å². The Morgan fingerprint density at radius 3 is 2.74 bits per heavy atom. The second kappa shape index (κ2) is 6.21. The third-order valence-electron chi connectivity index (χ3n) is 3.29. The van der Waals surface area contributed by atoms with Gasteiger partial charge in [-0.3, -0.25) is 9.59 Å². The molecule has 0 aromatic heterocycles. The number of nitrogens with one attached hydrogen (secondary N) is 1. The highest BCUT2D eigenvalue weighted by molar-refractivity contribution is 14.1. The van der Waals surface area contributed by atoms with Crippen molar-refractivity contribution in [1.29, 1.82) is 0 Å². The lowest BCUT2D eigenvalue weighted by Crippen LogP contribution is -2.33. The molecular weight excluding hydrogens is 425 g/mol. The van der Waals surface area contributed by atoms with Crippen molar-refractivity contribution in [3.8, 4) is 0 Å².